The Hall–Kier alpha value is -2.69. The highest BCUT2D eigenvalue weighted by molar-refractivity contribution is 7.99. The molecule has 0 bridgehead atoms. The van der Waals surface area contributed by atoms with E-state index in [2.05, 4.69) is 15.5 Å². The van der Waals surface area contributed by atoms with E-state index in [1.54, 1.807) is 12.1 Å². The van der Waals surface area contributed by atoms with E-state index in [-0.39, 0.29) is 16.6 Å². The zero-order valence-corrected chi connectivity index (χ0v) is 20.0. The molecule has 0 aliphatic carbocycles. The van der Waals surface area contributed by atoms with Gasteiger partial charge in [0.25, 0.3) is 5.22 Å². The summed E-state index contributed by atoms with van der Waals surface area (Å²) in [5.41, 5.74) is 2.33. The molecule has 3 aromatic rings. The van der Waals surface area contributed by atoms with Crippen molar-refractivity contribution in [2.75, 3.05) is 24.2 Å². The van der Waals surface area contributed by atoms with Gasteiger partial charge >= 0.3 is 0 Å². The highest BCUT2D eigenvalue weighted by Gasteiger charge is 2.26. The van der Waals surface area contributed by atoms with Gasteiger partial charge in [0.15, 0.2) is 0 Å². The molecular formula is C23H26N4O4S2. The van der Waals surface area contributed by atoms with E-state index in [0.717, 1.165) is 42.2 Å². The first kappa shape index (κ1) is 23.5. The predicted molar refractivity (Wildman–Crippen MR) is 127 cm³/mol. The number of rotatable bonds is 8. The van der Waals surface area contributed by atoms with Gasteiger partial charge in [-0.3, -0.25) is 4.79 Å². The molecule has 0 unspecified atom stereocenters. The van der Waals surface area contributed by atoms with Crippen LogP contribution in [0.2, 0.25) is 0 Å². The molecule has 1 saturated heterocycles. The number of aromatic nitrogens is 2. The number of benzene rings is 2. The van der Waals surface area contributed by atoms with Crippen LogP contribution in [0.3, 0.4) is 0 Å². The molecule has 1 aliphatic rings. The third kappa shape index (κ3) is 6.01. The molecule has 1 N–H and O–H groups in total. The molecule has 4 rings (SSSR count). The lowest BCUT2D eigenvalue weighted by atomic mass is 10.2. The van der Waals surface area contributed by atoms with E-state index in [1.807, 2.05) is 37.3 Å². The molecule has 10 heteroatoms. The van der Waals surface area contributed by atoms with Crippen LogP contribution in [0.5, 0.6) is 0 Å². The van der Waals surface area contributed by atoms with Crippen LogP contribution in [0, 0.1) is 6.92 Å². The number of amides is 1. The van der Waals surface area contributed by atoms with Gasteiger partial charge in [0.05, 0.1) is 17.1 Å². The van der Waals surface area contributed by atoms with Crippen molar-refractivity contribution in [3.8, 4) is 0 Å². The SMILES string of the molecule is Cc1ccc(S(=O)(=O)N2CCCCC2)cc1NC(=O)CSc1nnc(Cc2ccccc2)o1. The minimum Gasteiger partial charge on any atom is -0.416 e. The highest BCUT2D eigenvalue weighted by atomic mass is 32.2. The number of thioether (sulfide) groups is 1. The third-order valence-corrected chi connectivity index (χ3v) is 8.12. The number of anilines is 1. The third-order valence-electron chi connectivity index (χ3n) is 5.41. The molecule has 8 nitrogen and oxygen atoms in total. The Kier molecular flexibility index (Phi) is 7.46. The van der Waals surface area contributed by atoms with Crippen LogP contribution in [0.1, 0.15) is 36.3 Å². The summed E-state index contributed by atoms with van der Waals surface area (Å²) in [5, 5.41) is 11.1. The number of nitrogens with zero attached hydrogens (tertiary/aromatic N) is 3. The number of carbonyl (C=O) groups excluding carboxylic acids is 1. The molecule has 2 aromatic carbocycles. The molecule has 1 amide bonds. The van der Waals surface area contributed by atoms with Gasteiger partial charge in [-0.1, -0.05) is 54.6 Å². The molecule has 1 aliphatic heterocycles. The quantitative estimate of drug-likeness (QED) is 0.482. The minimum absolute atomic E-state index is 0.0650. The van der Waals surface area contributed by atoms with E-state index in [9.17, 15) is 13.2 Å². The van der Waals surface area contributed by atoms with Crippen molar-refractivity contribution < 1.29 is 17.6 Å². The van der Waals surface area contributed by atoms with Crippen LogP contribution in [0.15, 0.2) is 63.1 Å². The standard InChI is InChI=1S/C23H26N4O4S2/c1-17-10-11-19(33(29,30)27-12-6-3-7-13-27)15-20(17)24-21(28)16-32-23-26-25-22(31-23)14-18-8-4-2-5-9-18/h2,4-5,8-11,15H,3,6-7,12-14,16H2,1H3,(H,24,28). The first-order valence-electron chi connectivity index (χ1n) is 10.8. The number of hydrogen-bond donors (Lipinski definition) is 1. The molecule has 0 atom stereocenters. The summed E-state index contributed by atoms with van der Waals surface area (Å²) in [7, 11) is -3.57. The van der Waals surface area contributed by atoms with Crippen molar-refractivity contribution in [2.24, 2.45) is 0 Å². The summed E-state index contributed by atoms with van der Waals surface area (Å²) in [4.78, 5) is 12.7. The highest BCUT2D eigenvalue weighted by Crippen LogP contribution is 2.26. The lowest BCUT2D eigenvalue weighted by molar-refractivity contribution is -0.113. The van der Waals surface area contributed by atoms with Crippen LogP contribution >= 0.6 is 11.8 Å². The van der Waals surface area contributed by atoms with E-state index < -0.39 is 10.0 Å². The number of aryl methyl sites for hydroxylation is 1. The van der Waals surface area contributed by atoms with Gasteiger partial charge in [-0.25, -0.2) is 8.42 Å². The average molecular weight is 487 g/mol. The number of hydrogen-bond acceptors (Lipinski definition) is 7. The van der Waals surface area contributed by atoms with Gasteiger partial charge in [0.1, 0.15) is 0 Å². The topological polar surface area (TPSA) is 105 Å². The van der Waals surface area contributed by atoms with Gasteiger partial charge in [-0.2, -0.15) is 4.31 Å². The number of nitrogens with one attached hydrogen (secondary N) is 1. The summed E-state index contributed by atoms with van der Waals surface area (Å²) in [6.07, 6.45) is 3.31. The Morgan fingerprint density at radius 1 is 1.09 bits per heavy atom. The lowest BCUT2D eigenvalue weighted by Crippen LogP contribution is -2.35. The van der Waals surface area contributed by atoms with Crippen molar-refractivity contribution in [1.29, 1.82) is 0 Å². The Labute approximate surface area is 197 Å². The monoisotopic (exact) mass is 486 g/mol. The normalized spacial score (nSPS) is 14.8. The van der Waals surface area contributed by atoms with Crippen molar-refractivity contribution in [3.63, 3.8) is 0 Å². The molecule has 0 spiro atoms. The van der Waals surface area contributed by atoms with Crippen molar-refractivity contribution in [2.45, 2.75) is 42.7 Å². The van der Waals surface area contributed by atoms with E-state index in [4.69, 9.17) is 4.42 Å². The Morgan fingerprint density at radius 3 is 2.61 bits per heavy atom. The predicted octanol–water partition coefficient (Wildman–Crippen LogP) is 3.87. The molecule has 0 radical (unpaired) electrons. The fourth-order valence-electron chi connectivity index (χ4n) is 3.60. The van der Waals surface area contributed by atoms with Gasteiger partial charge < -0.3 is 9.73 Å². The Balaban J connectivity index is 1.36. The average Bonchev–Trinajstić information content (AvgIpc) is 3.27. The zero-order valence-electron chi connectivity index (χ0n) is 18.4. The maximum Gasteiger partial charge on any atom is 0.277 e. The maximum atomic E-state index is 13.0. The summed E-state index contributed by atoms with van der Waals surface area (Å²) in [5.74, 6) is 0.268. The smallest absolute Gasteiger partial charge is 0.277 e. The van der Waals surface area contributed by atoms with Gasteiger partial charge in [0.2, 0.25) is 21.8 Å². The van der Waals surface area contributed by atoms with Gasteiger partial charge in [-0.05, 0) is 43.0 Å². The fourth-order valence-corrected chi connectivity index (χ4v) is 5.73. The molecule has 174 valence electrons. The maximum absolute atomic E-state index is 13.0. The number of sulfonamides is 1. The number of piperidine rings is 1. The lowest BCUT2D eigenvalue weighted by Gasteiger charge is -2.26. The van der Waals surface area contributed by atoms with Crippen molar-refractivity contribution >= 4 is 33.4 Å². The zero-order chi connectivity index (χ0) is 23.3. The van der Waals surface area contributed by atoms with Crippen LogP contribution in [-0.4, -0.2) is 47.7 Å². The second-order valence-corrected chi connectivity index (χ2v) is 10.8. The Morgan fingerprint density at radius 2 is 1.85 bits per heavy atom. The molecule has 33 heavy (non-hydrogen) atoms. The second kappa shape index (κ2) is 10.5. The number of carbonyl (C=O) groups is 1. The van der Waals surface area contributed by atoms with Crippen LogP contribution < -0.4 is 5.32 Å². The van der Waals surface area contributed by atoms with Gasteiger partial charge in [0, 0.05) is 18.8 Å². The molecule has 1 aromatic heterocycles. The molecule has 0 saturated carbocycles. The molecule has 2 heterocycles. The van der Waals surface area contributed by atoms with Crippen molar-refractivity contribution in [3.05, 3.63) is 65.5 Å². The fraction of sp³-hybridized carbons (Fsp3) is 0.348. The van der Waals surface area contributed by atoms with Gasteiger partial charge in [-0.15, -0.1) is 10.2 Å². The Bertz CT molecular complexity index is 1210. The molecule has 1 fully saturated rings. The summed E-state index contributed by atoms with van der Waals surface area (Å²) in [6.45, 7) is 2.89. The largest absolute Gasteiger partial charge is 0.416 e. The van der Waals surface area contributed by atoms with Crippen LogP contribution in [0.25, 0.3) is 0 Å². The van der Waals surface area contributed by atoms with E-state index >= 15 is 0 Å². The first-order chi connectivity index (χ1) is 15.9. The second-order valence-electron chi connectivity index (χ2n) is 7.90. The van der Waals surface area contributed by atoms with Crippen LogP contribution in [-0.2, 0) is 21.2 Å². The van der Waals surface area contributed by atoms with E-state index in [0.29, 0.717) is 36.3 Å². The van der Waals surface area contributed by atoms with E-state index in [1.165, 1.54) is 10.4 Å². The minimum atomic E-state index is -3.57. The van der Waals surface area contributed by atoms with Crippen LogP contribution in [0.4, 0.5) is 5.69 Å². The van der Waals surface area contributed by atoms with Crippen molar-refractivity contribution in [1.82, 2.24) is 14.5 Å². The summed E-state index contributed by atoms with van der Waals surface area (Å²) < 4.78 is 33.1. The molecular weight excluding hydrogens is 460 g/mol. The summed E-state index contributed by atoms with van der Waals surface area (Å²) in [6, 6.07) is 14.6. The first-order valence-corrected chi connectivity index (χ1v) is 13.2. The summed E-state index contributed by atoms with van der Waals surface area (Å²) >= 11 is 1.14.